The number of nitrogens with two attached hydrogens (primary N) is 2. The Hall–Kier alpha value is -1.10. The van der Waals surface area contributed by atoms with Gasteiger partial charge >= 0.3 is 0 Å². The van der Waals surface area contributed by atoms with E-state index in [1.165, 1.54) is 0 Å². The molecule has 104 valence electrons. The number of nitrogens with one attached hydrogen (secondary N) is 1. The average molecular weight is 255 g/mol. The van der Waals surface area contributed by atoms with Crippen molar-refractivity contribution in [1.82, 2.24) is 5.32 Å². The van der Waals surface area contributed by atoms with E-state index in [0.717, 1.165) is 38.5 Å². The summed E-state index contributed by atoms with van der Waals surface area (Å²) in [7, 11) is 0. The van der Waals surface area contributed by atoms with Crippen LogP contribution < -0.4 is 16.8 Å². The molecule has 0 spiro atoms. The number of hydrogen-bond acceptors (Lipinski definition) is 3. The highest BCUT2D eigenvalue weighted by molar-refractivity contribution is 5.76. The van der Waals surface area contributed by atoms with E-state index in [2.05, 4.69) is 5.32 Å². The normalized spacial score (nSPS) is 23.6. The van der Waals surface area contributed by atoms with E-state index in [4.69, 9.17) is 11.5 Å². The summed E-state index contributed by atoms with van der Waals surface area (Å²) in [5, 5.41) is 2.89. The van der Waals surface area contributed by atoms with Crippen LogP contribution in [-0.2, 0) is 9.59 Å². The number of hydrogen-bond donors (Lipinski definition) is 3. The van der Waals surface area contributed by atoms with E-state index < -0.39 is 0 Å². The number of carbonyl (C=O) groups is 2. The molecular weight excluding hydrogens is 230 g/mol. The Kier molecular flexibility index (Phi) is 6.72. The van der Waals surface area contributed by atoms with Crippen LogP contribution >= 0.6 is 0 Å². The van der Waals surface area contributed by atoms with Crippen molar-refractivity contribution in [2.24, 2.45) is 17.4 Å². The Balaban J connectivity index is 2.01. The minimum atomic E-state index is -0.278. The lowest BCUT2D eigenvalue weighted by Crippen LogP contribution is -2.31. The van der Waals surface area contributed by atoms with E-state index in [1.54, 1.807) is 0 Å². The monoisotopic (exact) mass is 255 g/mol. The predicted molar refractivity (Wildman–Crippen MR) is 70.6 cm³/mol. The van der Waals surface area contributed by atoms with Crippen molar-refractivity contribution in [2.45, 2.75) is 57.4 Å². The lowest BCUT2D eigenvalue weighted by Gasteiger charge is -2.25. The van der Waals surface area contributed by atoms with E-state index in [0.29, 0.717) is 31.3 Å². The quantitative estimate of drug-likeness (QED) is 0.583. The molecule has 0 saturated heterocycles. The molecule has 0 unspecified atom stereocenters. The molecule has 0 atom stereocenters. The van der Waals surface area contributed by atoms with Crippen LogP contribution in [-0.4, -0.2) is 24.4 Å². The third kappa shape index (κ3) is 6.59. The maximum absolute atomic E-state index is 11.7. The molecule has 0 aromatic rings. The van der Waals surface area contributed by atoms with Crippen LogP contribution in [0.5, 0.6) is 0 Å². The summed E-state index contributed by atoms with van der Waals surface area (Å²) in [5.74, 6) is 0.338. The van der Waals surface area contributed by atoms with Gasteiger partial charge in [0, 0.05) is 25.4 Å². The maximum Gasteiger partial charge on any atom is 0.220 e. The highest BCUT2D eigenvalue weighted by atomic mass is 16.1. The van der Waals surface area contributed by atoms with Gasteiger partial charge in [-0.3, -0.25) is 9.59 Å². The summed E-state index contributed by atoms with van der Waals surface area (Å²) < 4.78 is 0. The number of rotatable bonds is 7. The van der Waals surface area contributed by atoms with E-state index in [9.17, 15) is 9.59 Å². The molecule has 0 radical (unpaired) electrons. The first kappa shape index (κ1) is 15.0. The number of carbonyl (C=O) groups excluding carboxylic acids is 2. The lowest BCUT2D eigenvalue weighted by atomic mass is 9.84. The Bertz CT molecular complexity index is 273. The van der Waals surface area contributed by atoms with E-state index in [-0.39, 0.29) is 11.8 Å². The van der Waals surface area contributed by atoms with Gasteiger partial charge < -0.3 is 16.8 Å². The van der Waals surface area contributed by atoms with Crippen molar-refractivity contribution in [1.29, 1.82) is 0 Å². The van der Waals surface area contributed by atoms with Crippen LogP contribution in [0.15, 0.2) is 0 Å². The minimum absolute atomic E-state index is 0.120. The Morgan fingerprint density at radius 2 is 1.78 bits per heavy atom. The molecule has 5 N–H and O–H groups in total. The molecule has 1 fully saturated rings. The third-order valence-electron chi connectivity index (χ3n) is 3.54. The van der Waals surface area contributed by atoms with Gasteiger partial charge in [0.15, 0.2) is 0 Å². The number of amides is 2. The molecule has 1 aliphatic rings. The first-order chi connectivity index (χ1) is 8.58. The van der Waals surface area contributed by atoms with Gasteiger partial charge in [-0.05, 0) is 44.4 Å². The maximum atomic E-state index is 11.7. The van der Waals surface area contributed by atoms with E-state index in [1.807, 2.05) is 0 Å². The first-order valence-electron chi connectivity index (χ1n) is 6.88. The summed E-state index contributed by atoms with van der Waals surface area (Å²) in [4.78, 5) is 22.2. The molecule has 18 heavy (non-hydrogen) atoms. The number of primary amides is 1. The van der Waals surface area contributed by atoms with Crippen molar-refractivity contribution >= 4 is 11.8 Å². The average Bonchev–Trinajstić information content (AvgIpc) is 2.31. The molecule has 1 aliphatic carbocycles. The summed E-state index contributed by atoms with van der Waals surface area (Å²) in [6.07, 6.45) is 6.77. The van der Waals surface area contributed by atoms with Gasteiger partial charge in [0.05, 0.1) is 0 Å². The van der Waals surface area contributed by atoms with Gasteiger partial charge in [0.2, 0.25) is 11.8 Å². The largest absolute Gasteiger partial charge is 0.370 e. The Labute approximate surface area is 109 Å². The van der Waals surface area contributed by atoms with Crippen LogP contribution in [0, 0.1) is 5.92 Å². The second kappa shape index (κ2) is 8.08. The zero-order valence-corrected chi connectivity index (χ0v) is 11.0. The first-order valence-corrected chi connectivity index (χ1v) is 6.88. The molecule has 5 heteroatoms. The van der Waals surface area contributed by atoms with Gasteiger partial charge in [-0.2, -0.15) is 0 Å². The summed E-state index contributed by atoms with van der Waals surface area (Å²) in [6, 6.07) is 0.332. The van der Waals surface area contributed by atoms with Crippen LogP contribution in [0.2, 0.25) is 0 Å². The third-order valence-corrected chi connectivity index (χ3v) is 3.54. The molecule has 0 aliphatic heterocycles. The van der Waals surface area contributed by atoms with E-state index >= 15 is 0 Å². The van der Waals surface area contributed by atoms with Crippen LogP contribution in [0.3, 0.4) is 0 Å². The van der Waals surface area contributed by atoms with Crippen LogP contribution in [0.4, 0.5) is 0 Å². The molecule has 0 bridgehead atoms. The second-order valence-electron chi connectivity index (χ2n) is 5.26. The van der Waals surface area contributed by atoms with Crippen LogP contribution in [0.25, 0.3) is 0 Å². The van der Waals surface area contributed by atoms with Gasteiger partial charge in [0.25, 0.3) is 0 Å². The molecule has 0 aromatic heterocycles. The fourth-order valence-electron chi connectivity index (χ4n) is 2.38. The molecule has 1 rings (SSSR count). The van der Waals surface area contributed by atoms with Crippen molar-refractivity contribution in [3.05, 3.63) is 0 Å². The van der Waals surface area contributed by atoms with Gasteiger partial charge in [0.1, 0.15) is 0 Å². The number of unbranched alkanes of at least 4 members (excludes halogenated alkanes) is 1. The second-order valence-corrected chi connectivity index (χ2v) is 5.26. The van der Waals surface area contributed by atoms with Crippen molar-refractivity contribution < 1.29 is 9.59 Å². The SMILES string of the molecule is NC(=O)CCCCNC(=O)CC1CCC(N)CC1. The van der Waals surface area contributed by atoms with Gasteiger partial charge in [-0.1, -0.05) is 0 Å². The fourth-order valence-corrected chi connectivity index (χ4v) is 2.38. The molecule has 0 aromatic carbocycles. The lowest BCUT2D eigenvalue weighted by molar-refractivity contribution is -0.122. The predicted octanol–water partition coefficient (Wildman–Crippen LogP) is 0.666. The standard InChI is InChI=1S/C13H25N3O2/c14-11-6-4-10(5-7-11)9-13(18)16-8-2-1-3-12(15)17/h10-11H,1-9,14H2,(H2,15,17)(H,16,18). The van der Waals surface area contributed by atoms with Crippen molar-refractivity contribution in [3.63, 3.8) is 0 Å². The zero-order chi connectivity index (χ0) is 13.4. The summed E-state index contributed by atoms with van der Waals surface area (Å²) in [5.41, 5.74) is 10.9. The van der Waals surface area contributed by atoms with Crippen LogP contribution in [0.1, 0.15) is 51.4 Å². The fraction of sp³-hybridized carbons (Fsp3) is 0.846. The topological polar surface area (TPSA) is 98.2 Å². The highest BCUT2D eigenvalue weighted by Gasteiger charge is 2.20. The highest BCUT2D eigenvalue weighted by Crippen LogP contribution is 2.25. The van der Waals surface area contributed by atoms with Crippen molar-refractivity contribution in [2.75, 3.05) is 6.54 Å². The van der Waals surface area contributed by atoms with Gasteiger partial charge in [-0.15, -0.1) is 0 Å². The van der Waals surface area contributed by atoms with Crippen molar-refractivity contribution in [3.8, 4) is 0 Å². The molecule has 0 heterocycles. The Morgan fingerprint density at radius 1 is 1.11 bits per heavy atom. The van der Waals surface area contributed by atoms with Gasteiger partial charge in [-0.25, -0.2) is 0 Å². The summed E-state index contributed by atoms with van der Waals surface area (Å²) >= 11 is 0. The molecule has 1 saturated carbocycles. The smallest absolute Gasteiger partial charge is 0.220 e. The molecule has 2 amide bonds. The molecule has 5 nitrogen and oxygen atoms in total. The zero-order valence-electron chi connectivity index (χ0n) is 11.0. The minimum Gasteiger partial charge on any atom is -0.370 e. The molecular formula is C13H25N3O2. The summed E-state index contributed by atoms with van der Waals surface area (Å²) in [6.45, 7) is 0.637. The Morgan fingerprint density at radius 3 is 2.39 bits per heavy atom.